The zero-order valence-electron chi connectivity index (χ0n) is 12.1. The highest BCUT2D eigenvalue weighted by atomic mass is 31.0. The first-order chi connectivity index (χ1) is 6.35. The minimum atomic E-state index is -0.160. The summed E-state index contributed by atoms with van der Waals surface area (Å²) in [6.07, 6.45) is 0. The van der Waals surface area contributed by atoms with Crippen LogP contribution in [0.4, 0.5) is 0 Å². The minimum Gasteiger partial charge on any atom is -0.403 e. The SMILES string of the molecule is CB1OC(C)(C)C(C)(C)O1.CC.CC.P. The topological polar surface area (TPSA) is 18.5 Å². The van der Waals surface area contributed by atoms with Gasteiger partial charge in [-0.3, -0.25) is 0 Å². The predicted molar refractivity (Wildman–Crippen MR) is 75.7 cm³/mol. The van der Waals surface area contributed by atoms with Crippen LogP contribution >= 0.6 is 9.90 Å². The van der Waals surface area contributed by atoms with Gasteiger partial charge in [-0.05, 0) is 34.5 Å². The summed E-state index contributed by atoms with van der Waals surface area (Å²) in [6, 6.07) is 0. The van der Waals surface area contributed by atoms with E-state index in [-0.39, 0.29) is 28.2 Å². The molecule has 0 saturated carbocycles. The van der Waals surface area contributed by atoms with Gasteiger partial charge in [-0.1, -0.05) is 27.7 Å². The smallest absolute Gasteiger partial charge is 0.403 e. The molecule has 1 fully saturated rings. The van der Waals surface area contributed by atoms with Crippen molar-refractivity contribution in [2.24, 2.45) is 0 Å². The molecule has 94 valence electrons. The second-order valence-electron chi connectivity index (χ2n) is 3.82. The van der Waals surface area contributed by atoms with Gasteiger partial charge >= 0.3 is 7.12 Å². The van der Waals surface area contributed by atoms with E-state index in [0.29, 0.717) is 0 Å². The van der Waals surface area contributed by atoms with E-state index in [9.17, 15) is 0 Å². The van der Waals surface area contributed by atoms with Crippen molar-refractivity contribution >= 4 is 17.0 Å². The lowest BCUT2D eigenvalue weighted by Gasteiger charge is -2.32. The number of rotatable bonds is 0. The summed E-state index contributed by atoms with van der Waals surface area (Å²) >= 11 is 0. The van der Waals surface area contributed by atoms with Crippen LogP contribution in [0.25, 0.3) is 0 Å². The molecule has 0 aromatic carbocycles. The van der Waals surface area contributed by atoms with Crippen molar-refractivity contribution in [3.05, 3.63) is 0 Å². The molecule has 0 aromatic rings. The lowest BCUT2D eigenvalue weighted by atomic mass is 9.90. The van der Waals surface area contributed by atoms with Crippen LogP contribution in [0.1, 0.15) is 55.4 Å². The Morgan fingerprint density at radius 3 is 1.00 bits per heavy atom. The summed E-state index contributed by atoms with van der Waals surface area (Å²) in [7, 11) is -0.0648. The maximum Gasteiger partial charge on any atom is 0.454 e. The van der Waals surface area contributed by atoms with Crippen LogP contribution in [0.5, 0.6) is 0 Å². The molecular weight excluding hydrogens is 206 g/mol. The summed E-state index contributed by atoms with van der Waals surface area (Å²) in [6.45, 7) is 18.1. The largest absolute Gasteiger partial charge is 0.454 e. The van der Waals surface area contributed by atoms with Gasteiger partial charge in [-0.2, -0.15) is 9.90 Å². The highest BCUT2D eigenvalue weighted by Gasteiger charge is 2.48. The van der Waals surface area contributed by atoms with Crippen molar-refractivity contribution in [2.75, 3.05) is 0 Å². The van der Waals surface area contributed by atoms with E-state index in [0.717, 1.165) is 0 Å². The quantitative estimate of drug-likeness (QED) is 0.470. The molecule has 0 bridgehead atoms. The predicted octanol–water partition coefficient (Wildman–Crippen LogP) is 3.82. The van der Waals surface area contributed by atoms with Crippen LogP contribution in [-0.2, 0) is 9.31 Å². The third-order valence-electron chi connectivity index (χ3n) is 2.37. The Bertz CT molecular complexity index is 134. The maximum absolute atomic E-state index is 5.54. The average molecular weight is 236 g/mol. The fourth-order valence-electron chi connectivity index (χ4n) is 1.14. The van der Waals surface area contributed by atoms with Crippen molar-refractivity contribution in [3.8, 4) is 0 Å². The van der Waals surface area contributed by atoms with Gasteiger partial charge in [0.1, 0.15) is 0 Å². The Kier molecular flexibility index (Phi) is 11.9. The molecule has 1 atom stereocenters. The van der Waals surface area contributed by atoms with E-state index in [4.69, 9.17) is 9.31 Å². The van der Waals surface area contributed by atoms with Crippen molar-refractivity contribution in [2.45, 2.75) is 73.4 Å². The second-order valence-corrected chi connectivity index (χ2v) is 3.82. The van der Waals surface area contributed by atoms with Gasteiger partial charge in [-0.25, -0.2) is 0 Å². The van der Waals surface area contributed by atoms with Crippen molar-refractivity contribution in [3.63, 3.8) is 0 Å². The fourth-order valence-corrected chi connectivity index (χ4v) is 1.14. The molecule has 4 heteroatoms. The summed E-state index contributed by atoms with van der Waals surface area (Å²) in [4.78, 5) is 0. The molecule has 2 nitrogen and oxygen atoms in total. The van der Waals surface area contributed by atoms with E-state index in [2.05, 4.69) is 27.7 Å². The molecule has 0 N–H and O–H groups in total. The zero-order chi connectivity index (χ0) is 12.0. The molecular formula is C11H30BO2P. The lowest BCUT2D eigenvalue weighted by molar-refractivity contribution is 0.00578. The molecule has 1 saturated heterocycles. The van der Waals surface area contributed by atoms with Crippen LogP contribution < -0.4 is 0 Å². The minimum absolute atomic E-state index is 0. The first-order valence-electron chi connectivity index (χ1n) is 5.71. The molecule has 1 aliphatic heterocycles. The highest BCUT2D eigenvalue weighted by Crippen LogP contribution is 2.36. The van der Waals surface area contributed by atoms with E-state index in [1.54, 1.807) is 0 Å². The van der Waals surface area contributed by atoms with E-state index in [1.165, 1.54) is 0 Å². The van der Waals surface area contributed by atoms with Crippen molar-refractivity contribution in [1.29, 1.82) is 0 Å². The van der Waals surface area contributed by atoms with Gasteiger partial charge in [0.05, 0.1) is 11.2 Å². The van der Waals surface area contributed by atoms with Crippen LogP contribution in [0, 0.1) is 0 Å². The summed E-state index contributed by atoms with van der Waals surface area (Å²) in [5.74, 6) is 0. The molecule has 0 aromatic heterocycles. The Morgan fingerprint density at radius 2 is 0.933 bits per heavy atom. The Labute approximate surface area is 100 Å². The van der Waals surface area contributed by atoms with Gasteiger partial charge in [0.2, 0.25) is 0 Å². The fraction of sp³-hybridized carbons (Fsp3) is 1.00. The second kappa shape index (κ2) is 8.55. The van der Waals surface area contributed by atoms with E-state index >= 15 is 0 Å². The van der Waals surface area contributed by atoms with Crippen LogP contribution in [0.2, 0.25) is 6.82 Å². The van der Waals surface area contributed by atoms with E-state index in [1.807, 2.05) is 34.5 Å². The molecule has 1 aliphatic rings. The zero-order valence-corrected chi connectivity index (χ0v) is 13.5. The standard InChI is InChI=1S/C7H15BO2.2C2H6.H3P/c1-6(2)7(3,4)10-8(5)9-6;2*1-2;/h1-5H3;2*1-2H3;1H3. The molecule has 1 rings (SSSR count). The van der Waals surface area contributed by atoms with Gasteiger partial charge < -0.3 is 9.31 Å². The third-order valence-corrected chi connectivity index (χ3v) is 2.37. The third kappa shape index (κ3) is 5.89. The lowest BCUT2D eigenvalue weighted by Crippen LogP contribution is -2.41. The van der Waals surface area contributed by atoms with Crippen molar-refractivity contribution in [1.82, 2.24) is 0 Å². The van der Waals surface area contributed by atoms with Crippen LogP contribution in [0.3, 0.4) is 0 Å². The monoisotopic (exact) mass is 236 g/mol. The van der Waals surface area contributed by atoms with Gasteiger partial charge in [0.15, 0.2) is 0 Å². The molecule has 1 heterocycles. The first kappa shape index (κ1) is 20.8. The first-order valence-corrected chi connectivity index (χ1v) is 5.71. The number of hydrogen-bond acceptors (Lipinski definition) is 2. The number of hydrogen-bond donors (Lipinski definition) is 0. The molecule has 1 unspecified atom stereocenters. The Hall–Kier alpha value is 0.415. The van der Waals surface area contributed by atoms with Crippen molar-refractivity contribution < 1.29 is 9.31 Å². The summed E-state index contributed by atoms with van der Waals surface area (Å²) in [5.41, 5.74) is -0.321. The van der Waals surface area contributed by atoms with Gasteiger partial charge in [-0.15, -0.1) is 0 Å². The Balaban J connectivity index is -0.000000258. The molecule has 0 aliphatic carbocycles. The maximum atomic E-state index is 5.54. The molecule has 15 heavy (non-hydrogen) atoms. The van der Waals surface area contributed by atoms with E-state index < -0.39 is 0 Å². The summed E-state index contributed by atoms with van der Waals surface area (Å²) in [5, 5.41) is 0. The summed E-state index contributed by atoms with van der Waals surface area (Å²) < 4.78 is 11.1. The normalized spacial score (nSPS) is 20.2. The molecule has 0 radical (unpaired) electrons. The van der Waals surface area contributed by atoms with Crippen LogP contribution in [0.15, 0.2) is 0 Å². The average Bonchev–Trinajstić information content (AvgIpc) is 2.26. The molecule has 0 amide bonds. The van der Waals surface area contributed by atoms with Crippen LogP contribution in [-0.4, -0.2) is 18.3 Å². The Morgan fingerprint density at radius 1 is 0.733 bits per heavy atom. The molecule has 0 spiro atoms. The van der Waals surface area contributed by atoms with Gasteiger partial charge in [0, 0.05) is 0 Å². The van der Waals surface area contributed by atoms with Gasteiger partial charge in [0.25, 0.3) is 0 Å². The highest BCUT2D eigenvalue weighted by molar-refractivity contribution is 6.92.